The van der Waals surface area contributed by atoms with Gasteiger partial charge in [-0.15, -0.1) is 0 Å². The lowest BCUT2D eigenvalue weighted by Gasteiger charge is -2.34. The van der Waals surface area contributed by atoms with Crippen LogP contribution in [0, 0.1) is 5.41 Å². The van der Waals surface area contributed by atoms with Crippen molar-refractivity contribution in [2.24, 2.45) is 5.41 Å². The van der Waals surface area contributed by atoms with Crippen molar-refractivity contribution in [3.63, 3.8) is 0 Å². The van der Waals surface area contributed by atoms with E-state index in [0.717, 1.165) is 39.1 Å². The highest BCUT2D eigenvalue weighted by atomic mass is 79.9. The molecule has 2 aromatic carbocycles. The number of allylic oxidation sites excluding steroid dienone is 1. The SMILES string of the molecule is CC1(C)CC(=O)C2=C(C1)Nc1ccccc1NC2c1cccc(Br)c1. The number of ketones is 1. The van der Waals surface area contributed by atoms with Crippen molar-refractivity contribution in [2.75, 3.05) is 10.6 Å². The number of nitrogens with one attached hydrogen (secondary N) is 2. The number of Topliss-reactive ketones (excluding diaryl/α,β-unsaturated/α-hetero) is 1. The van der Waals surface area contributed by atoms with Crippen LogP contribution in [0.1, 0.15) is 38.3 Å². The van der Waals surface area contributed by atoms with Gasteiger partial charge in [-0.3, -0.25) is 4.79 Å². The average Bonchev–Trinajstić information content (AvgIpc) is 2.70. The number of anilines is 2. The van der Waals surface area contributed by atoms with Gasteiger partial charge < -0.3 is 10.6 Å². The van der Waals surface area contributed by atoms with Crippen molar-refractivity contribution < 1.29 is 4.79 Å². The molecule has 4 rings (SSSR count). The lowest BCUT2D eigenvalue weighted by Crippen LogP contribution is -2.31. The summed E-state index contributed by atoms with van der Waals surface area (Å²) >= 11 is 3.56. The maximum Gasteiger partial charge on any atom is 0.163 e. The Balaban J connectivity index is 1.90. The predicted molar refractivity (Wildman–Crippen MR) is 106 cm³/mol. The Morgan fingerprint density at radius 3 is 2.56 bits per heavy atom. The second-order valence-corrected chi connectivity index (χ2v) is 8.55. The van der Waals surface area contributed by atoms with Gasteiger partial charge in [-0.1, -0.05) is 54.0 Å². The molecule has 0 saturated carbocycles. The first-order valence-electron chi connectivity index (χ1n) is 8.57. The van der Waals surface area contributed by atoms with Crippen molar-refractivity contribution in [1.82, 2.24) is 0 Å². The normalized spacial score (nSPS) is 21.6. The summed E-state index contributed by atoms with van der Waals surface area (Å²) in [5.41, 5.74) is 5.03. The zero-order valence-electron chi connectivity index (χ0n) is 14.4. The average molecular weight is 397 g/mol. The molecule has 0 bridgehead atoms. The fraction of sp³-hybridized carbons (Fsp3) is 0.286. The van der Waals surface area contributed by atoms with Crippen LogP contribution in [0.3, 0.4) is 0 Å². The maximum absolute atomic E-state index is 13.1. The summed E-state index contributed by atoms with van der Waals surface area (Å²) in [7, 11) is 0. The smallest absolute Gasteiger partial charge is 0.163 e. The Morgan fingerprint density at radius 2 is 1.80 bits per heavy atom. The molecule has 1 aliphatic heterocycles. The first-order chi connectivity index (χ1) is 11.9. The summed E-state index contributed by atoms with van der Waals surface area (Å²) < 4.78 is 1.02. The van der Waals surface area contributed by atoms with Crippen LogP contribution in [0.25, 0.3) is 0 Å². The van der Waals surface area contributed by atoms with E-state index in [4.69, 9.17) is 0 Å². The van der Waals surface area contributed by atoms with Gasteiger partial charge in [0.2, 0.25) is 0 Å². The molecule has 0 saturated heterocycles. The van der Waals surface area contributed by atoms with Gasteiger partial charge in [0, 0.05) is 22.2 Å². The van der Waals surface area contributed by atoms with Crippen LogP contribution >= 0.6 is 15.9 Å². The lowest BCUT2D eigenvalue weighted by molar-refractivity contribution is -0.118. The maximum atomic E-state index is 13.1. The van der Waals surface area contributed by atoms with Crippen LogP contribution in [0.5, 0.6) is 0 Å². The Labute approximate surface area is 156 Å². The van der Waals surface area contributed by atoms with E-state index in [1.54, 1.807) is 0 Å². The Kier molecular flexibility index (Phi) is 3.95. The molecule has 3 nitrogen and oxygen atoms in total. The molecule has 2 N–H and O–H groups in total. The number of carbonyl (C=O) groups is 1. The van der Waals surface area contributed by atoms with Crippen LogP contribution in [0.15, 0.2) is 64.3 Å². The van der Waals surface area contributed by atoms with Crippen LogP contribution < -0.4 is 10.6 Å². The first-order valence-corrected chi connectivity index (χ1v) is 9.37. The van der Waals surface area contributed by atoms with Crippen molar-refractivity contribution >= 4 is 33.1 Å². The zero-order chi connectivity index (χ0) is 17.6. The molecule has 0 fully saturated rings. The lowest BCUT2D eigenvalue weighted by atomic mass is 9.73. The van der Waals surface area contributed by atoms with E-state index in [0.29, 0.717) is 6.42 Å². The summed E-state index contributed by atoms with van der Waals surface area (Å²) in [4.78, 5) is 13.1. The van der Waals surface area contributed by atoms with Gasteiger partial charge in [0.1, 0.15) is 0 Å². The van der Waals surface area contributed by atoms with Gasteiger partial charge in [-0.2, -0.15) is 0 Å². The number of benzene rings is 2. The van der Waals surface area contributed by atoms with E-state index in [-0.39, 0.29) is 17.2 Å². The number of halogens is 1. The van der Waals surface area contributed by atoms with Gasteiger partial charge in [0.25, 0.3) is 0 Å². The fourth-order valence-corrected chi connectivity index (χ4v) is 4.24. The summed E-state index contributed by atoms with van der Waals surface area (Å²) in [5.74, 6) is 0.226. The van der Waals surface area contributed by atoms with Crippen LogP contribution in [-0.2, 0) is 4.79 Å². The van der Waals surface area contributed by atoms with E-state index >= 15 is 0 Å². The van der Waals surface area contributed by atoms with Crippen LogP contribution in [0.4, 0.5) is 11.4 Å². The predicted octanol–water partition coefficient (Wildman–Crippen LogP) is 5.67. The molecule has 2 aromatic rings. The largest absolute Gasteiger partial charge is 0.372 e. The van der Waals surface area contributed by atoms with Gasteiger partial charge in [-0.05, 0) is 41.7 Å². The minimum atomic E-state index is -0.146. The summed E-state index contributed by atoms with van der Waals surface area (Å²) in [6, 6.07) is 16.2. The van der Waals surface area contributed by atoms with Gasteiger partial charge >= 0.3 is 0 Å². The van der Waals surface area contributed by atoms with E-state index in [9.17, 15) is 4.79 Å². The summed E-state index contributed by atoms with van der Waals surface area (Å²) in [5, 5.41) is 7.14. The molecule has 0 spiro atoms. The number of rotatable bonds is 1. The van der Waals surface area contributed by atoms with Crippen LogP contribution in [-0.4, -0.2) is 5.78 Å². The number of fused-ring (bicyclic) bond motifs is 1. The monoisotopic (exact) mass is 396 g/mol. The van der Waals surface area contributed by atoms with E-state index in [1.165, 1.54) is 0 Å². The quantitative estimate of drug-likeness (QED) is 0.651. The number of hydrogen-bond donors (Lipinski definition) is 2. The highest BCUT2D eigenvalue weighted by Gasteiger charge is 2.38. The third-order valence-electron chi connectivity index (χ3n) is 4.90. The second kappa shape index (κ2) is 6.03. The molecule has 1 heterocycles. The molecule has 0 aromatic heterocycles. The molecular formula is C21H21BrN2O. The number of hydrogen-bond acceptors (Lipinski definition) is 3. The molecular weight excluding hydrogens is 376 g/mol. The first kappa shape index (κ1) is 16.4. The Morgan fingerprint density at radius 1 is 1.04 bits per heavy atom. The zero-order valence-corrected chi connectivity index (χ0v) is 16.0. The van der Waals surface area contributed by atoms with E-state index < -0.39 is 0 Å². The molecule has 4 heteroatoms. The minimum Gasteiger partial charge on any atom is -0.372 e. The molecule has 25 heavy (non-hydrogen) atoms. The van der Waals surface area contributed by atoms with Gasteiger partial charge in [0.05, 0.1) is 17.4 Å². The highest BCUT2D eigenvalue weighted by Crippen LogP contribution is 2.45. The van der Waals surface area contributed by atoms with Crippen molar-refractivity contribution in [2.45, 2.75) is 32.7 Å². The topological polar surface area (TPSA) is 41.1 Å². The second-order valence-electron chi connectivity index (χ2n) is 7.64. The van der Waals surface area contributed by atoms with Gasteiger partial charge in [-0.25, -0.2) is 0 Å². The van der Waals surface area contributed by atoms with E-state index in [2.05, 4.69) is 64.7 Å². The summed E-state index contributed by atoms with van der Waals surface area (Å²) in [6.07, 6.45) is 1.45. The Bertz CT molecular complexity index is 885. The third-order valence-corrected chi connectivity index (χ3v) is 5.40. The summed E-state index contributed by atoms with van der Waals surface area (Å²) in [6.45, 7) is 4.32. The Hall–Kier alpha value is -2.07. The fourth-order valence-electron chi connectivity index (χ4n) is 3.83. The number of para-hydroxylation sites is 2. The molecule has 128 valence electrons. The molecule has 0 radical (unpaired) electrons. The van der Waals surface area contributed by atoms with Crippen molar-refractivity contribution in [3.8, 4) is 0 Å². The molecule has 2 aliphatic rings. The van der Waals surface area contributed by atoms with Gasteiger partial charge in [0.15, 0.2) is 5.78 Å². The highest BCUT2D eigenvalue weighted by molar-refractivity contribution is 9.10. The molecule has 0 amide bonds. The van der Waals surface area contributed by atoms with Crippen molar-refractivity contribution in [1.29, 1.82) is 0 Å². The van der Waals surface area contributed by atoms with Crippen LogP contribution in [0.2, 0.25) is 0 Å². The molecule has 1 unspecified atom stereocenters. The molecule has 1 atom stereocenters. The third kappa shape index (κ3) is 3.11. The van der Waals surface area contributed by atoms with Crippen molar-refractivity contribution in [3.05, 3.63) is 69.8 Å². The van der Waals surface area contributed by atoms with E-state index in [1.807, 2.05) is 24.3 Å². The number of carbonyl (C=O) groups excluding carboxylic acids is 1. The standard InChI is InChI=1S/C21H21BrN2O/c1-21(2)11-17-19(18(25)12-21)20(13-6-5-7-14(22)10-13)24-16-9-4-3-8-15(16)23-17/h3-10,20,23-24H,11-12H2,1-2H3. The minimum absolute atomic E-state index is 0.0238. The molecule has 1 aliphatic carbocycles.